The lowest BCUT2D eigenvalue weighted by Gasteiger charge is -2.10. The van der Waals surface area contributed by atoms with E-state index in [0.717, 1.165) is 6.08 Å². The topological polar surface area (TPSA) is 26.0 Å². The first kappa shape index (κ1) is 10.8. The molecule has 0 aliphatic carbocycles. The number of halogens is 3. The Morgan fingerprint density at radius 1 is 1.14 bits per heavy atom. The van der Waals surface area contributed by atoms with Crippen LogP contribution in [0, 0.1) is 0 Å². The number of hydrogen-bond donors (Lipinski definition) is 1. The van der Waals surface area contributed by atoms with Crippen LogP contribution in [0.1, 0.15) is 5.56 Å². The van der Waals surface area contributed by atoms with Crippen LogP contribution in [0.15, 0.2) is 36.4 Å². The van der Waals surface area contributed by atoms with Crippen LogP contribution < -0.4 is 5.73 Å². The third-order valence-electron chi connectivity index (χ3n) is 1.67. The van der Waals surface area contributed by atoms with Crippen LogP contribution in [0.3, 0.4) is 0 Å². The van der Waals surface area contributed by atoms with E-state index < -0.39 is 12.2 Å². The number of benzene rings is 1. The summed E-state index contributed by atoms with van der Waals surface area (Å²) in [4.78, 5) is 0. The molecule has 4 heteroatoms. The molecule has 2 N–H and O–H groups in total. The highest BCUT2D eigenvalue weighted by Crippen LogP contribution is 2.19. The first-order chi connectivity index (χ1) is 6.50. The van der Waals surface area contributed by atoms with Gasteiger partial charge in [-0.1, -0.05) is 42.5 Å². The van der Waals surface area contributed by atoms with Gasteiger partial charge in [-0.3, -0.25) is 0 Å². The van der Waals surface area contributed by atoms with Crippen LogP contribution in [-0.2, 0) is 0 Å². The van der Waals surface area contributed by atoms with Gasteiger partial charge in [-0.25, -0.2) is 0 Å². The van der Waals surface area contributed by atoms with Gasteiger partial charge in [-0.2, -0.15) is 13.2 Å². The average Bonchev–Trinajstić information content (AvgIpc) is 2.14. The van der Waals surface area contributed by atoms with Crippen molar-refractivity contribution in [3.05, 3.63) is 42.0 Å². The molecule has 0 saturated heterocycles. The van der Waals surface area contributed by atoms with Crippen LogP contribution in [0.4, 0.5) is 13.2 Å². The van der Waals surface area contributed by atoms with Crippen LogP contribution >= 0.6 is 0 Å². The van der Waals surface area contributed by atoms with Crippen molar-refractivity contribution in [2.45, 2.75) is 12.2 Å². The monoisotopic (exact) mass is 201 g/mol. The normalized spacial score (nSPS) is 14.6. The van der Waals surface area contributed by atoms with E-state index >= 15 is 0 Å². The summed E-state index contributed by atoms with van der Waals surface area (Å²) in [7, 11) is 0. The van der Waals surface area contributed by atoms with Crippen LogP contribution in [-0.4, -0.2) is 12.2 Å². The van der Waals surface area contributed by atoms with Gasteiger partial charge in [-0.05, 0) is 5.56 Å². The lowest BCUT2D eigenvalue weighted by atomic mass is 10.2. The molecular weight excluding hydrogens is 191 g/mol. The third-order valence-corrected chi connectivity index (χ3v) is 1.67. The van der Waals surface area contributed by atoms with Gasteiger partial charge in [0.05, 0.1) is 0 Å². The Balaban J connectivity index is 2.66. The highest BCUT2D eigenvalue weighted by Gasteiger charge is 2.34. The number of alkyl halides is 3. The van der Waals surface area contributed by atoms with Gasteiger partial charge in [0.15, 0.2) is 0 Å². The molecule has 0 fully saturated rings. The van der Waals surface area contributed by atoms with Gasteiger partial charge in [0.2, 0.25) is 0 Å². The first-order valence-electron chi connectivity index (χ1n) is 4.05. The smallest absolute Gasteiger partial charge is 0.317 e. The molecule has 0 heterocycles. The Labute approximate surface area is 80.0 Å². The summed E-state index contributed by atoms with van der Waals surface area (Å²) in [6.45, 7) is 0. The van der Waals surface area contributed by atoms with Gasteiger partial charge in [0.1, 0.15) is 6.04 Å². The van der Waals surface area contributed by atoms with E-state index in [2.05, 4.69) is 0 Å². The molecule has 0 aliphatic rings. The second kappa shape index (κ2) is 4.28. The van der Waals surface area contributed by atoms with E-state index in [1.165, 1.54) is 6.08 Å². The number of rotatable bonds is 2. The molecule has 0 amide bonds. The zero-order chi connectivity index (χ0) is 10.6. The summed E-state index contributed by atoms with van der Waals surface area (Å²) in [5.41, 5.74) is 5.59. The quantitative estimate of drug-likeness (QED) is 0.781. The van der Waals surface area contributed by atoms with E-state index in [4.69, 9.17) is 5.73 Å². The van der Waals surface area contributed by atoms with Gasteiger partial charge >= 0.3 is 6.18 Å². The Hall–Kier alpha value is -1.29. The molecule has 0 aromatic heterocycles. The van der Waals surface area contributed by atoms with Crippen molar-refractivity contribution in [3.8, 4) is 0 Å². The zero-order valence-corrected chi connectivity index (χ0v) is 7.33. The maximum absolute atomic E-state index is 12.0. The van der Waals surface area contributed by atoms with Crippen LogP contribution in [0.5, 0.6) is 0 Å². The second-order valence-electron chi connectivity index (χ2n) is 2.84. The fraction of sp³-hybridized carbons (Fsp3) is 0.200. The van der Waals surface area contributed by atoms with Crippen molar-refractivity contribution in [3.63, 3.8) is 0 Å². The van der Waals surface area contributed by atoms with Crippen molar-refractivity contribution in [1.82, 2.24) is 0 Å². The molecule has 1 nitrogen and oxygen atoms in total. The lowest BCUT2D eigenvalue weighted by molar-refractivity contribution is -0.136. The predicted octanol–water partition coefficient (Wildman–Crippen LogP) is 2.59. The molecule has 76 valence electrons. The summed E-state index contributed by atoms with van der Waals surface area (Å²) >= 11 is 0. The largest absolute Gasteiger partial charge is 0.407 e. The number of hydrogen-bond acceptors (Lipinski definition) is 1. The highest BCUT2D eigenvalue weighted by atomic mass is 19.4. The fourth-order valence-corrected chi connectivity index (χ4v) is 0.888. The first-order valence-corrected chi connectivity index (χ1v) is 4.05. The summed E-state index contributed by atoms with van der Waals surface area (Å²) in [6, 6.07) is 6.81. The molecule has 0 saturated carbocycles. The van der Waals surface area contributed by atoms with E-state index in [-0.39, 0.29) is 0 Å². The number of nitrogens with two attached hydrogens (primary N) is 1. The van der Waals surface area contributed by atoms with Crippen molar-refractivity contribution >= 4 is 6.08 Å². The Kier molecular flexibility index (Phi) is 3.30. The van der Waals surface area contributed by atoms with Gasteiger partial charge in [-0.15, -0.1) is 0 Å². The van der Waals surface area contributed by atoms with E-state index in [9.17, 15) is 13.2 Å². The molecule has 1 atom stereocenters. The summed E-state index contributed by atoms with van der Waals surface area (Å²) in [5, 5.41) is 0. The van der Waals surface area contributed by atoms with Crippen LogP contribution in [0.2, 0.25) is 0 Å². The lowest BCUT2D eigenvalue weighted by Crippen LogP contribution is -2.35. The zero-order valence-electron chi connectivity index (χ0n) is 7.33. The maximum atomic E-state index is 12.0. The third kappa shape index (κ3) is 3.22. The maximum Gasteiger partial charge on any atom is 0.407 e. The molecule has 0 bridgehead atoms. The molecule has 0 radical (unpaired) electrons. The van der Waals surface area contributed by atoms with Crippen molar-refractivity contribution in [2.24, 2.45) is 5.73 Å². The molecule has 0 spiro atoms. The molecule has 1 aromatic rings. The summed E-state index contributed by atoms with van der Waals surface area (Å²) in [5.74, 6) is 0. The Morgan fingerprint density at radius 2 is 1.71 bits per heavy atom. The summed E-state index contributed by atoms with van der Waals surface area (Å²) < 4.78 is 35.9. The molecule has 1 aromatic carbocycles. The molecule has 0 unspecified atom stereocenters. The molecular formula is C10H10F3N. The second-order valence-corrected chi connectivity index (χ2v) is 2.84. The van der Waals surface area contributed by atoms with E-state index in [0.29, 0.717) is 5.56 Å². The van der Waals surface area contributed by atoms with Crippen LogP contribution in [0.25, 0.3) is 6.08 Å². The molecule has 14 heavy (non-hydrogen) atoms. The minimum atomic E-state index is -4.37. The highest BCUT2D eigenvalue weighted by molar-refractivity contribution is 5.49. The van der Waals surface area contributed by atoms with Crippen molar-refractivity contribution in [2.75, 3.05) is 0 Å². The average molecular weight is 201 g/mol. The SMILES string of the molecule is N[C@H](/C=C/c1ccccc1)C(F)(F)F. The van der Waals surface area contributed by atoms with Crippen molar-refractivity contribution < 1.29 is 13.2 Å². The Morgan fingerprint density at radius 3 is 2.21 bits per heavy atom. The van der Waals surface area contributed by atoms with Gasteiger partial charge in [0.25, 0.3) is 0 Å². The van der Waals surface area contributed by atoms with E-state index in [1.807, 2.05) is 0 Å². The Bertz CT molecular complexity index is 303. The van der Waals surface area contributed by atoms with E-state index in [1.54, 1.807) is 30.3 Å². The predicted molar refractivity (Wildman–Crippen MR) is 49.5 cm³/mol. The molecule has 0 aliphatic heterocycles. The standard InChI is InChI=1S/C10H10F3N/c11-10(12,13)9(14)7-6-8-4-2-1-3-5-8/h1-7,9H,14H2/b7-6+/t9-/m1/s1. The fourth-order valence-electron chi connectivity index (χ4n) is 0.888. The van der Waals surface area contributed by atoms with Crippen molar-refractivity contribution in [1.29, 1.82) is 0 Å². The minimum Gasteiger partial charge on any atom is -0.317 e. The van der Waals surface area contributed by atoms with Gasteiger partial charge in [0, 0.05) is 0 Å². The molecule has 1 rings (SSSR count). The van der Waals surface area contributed by atoms with Gasteiger partial charge < -0.3 is 5.73 Å². The minimum absolute atomic E-state index is 0.701. The summed E-state index contributed by atoms with van der Waals surface area (Å²) in [6.07, 6.45) is -2.07.